The largest absolute Gasteiger partial charge is 0.494 e. The number of ether oxygens (including phenoxy) is 2. The van der Waals surface area contributed by atoms with Gasteiger partial charge in [0.2, 0.25) is 0 Å². The Balaban J connectivity index is 1.72. The van der Waals surface area contributed by atoms with Gasteiger partial charge in [0.15, 0.2) is 4.80 Å². The molecule has 0 N–H and O–H groups in total. The van der Waals surface area contributed by atoms with Gasteiger partial charge in [0.05, 0.1) is 30.6 Å². The number of halogens is 1. The van der Waals surface area contributed by atoms with Crippen molar-refractivity contribution >= 4 is 33.0 Å². The number of hydrogen-bond donors (Lipinski definition) is 0. The maximum absolute atomic E-state index is 5.90. The molecule has 1 atom stereocenters. The second kappa shape index (κ2) is 9.07. The number of aromatic nitrogens is 1. The van der Waals surface area contributed by atoms with Crippen LogP contribution in [0.3, 0.4) is 0 Å². The molecule has 1 aliphatic rings. The molecule has 146 valence electrons. The summed E-state index contributed by atoms with van der Waals surface area (Å²) >= 11 is 5.19. The first kappa shape index (κ1) is 19.4. The average molecular weight is 459 g/mol. The summed E-state index contributed by atoms with van der Waals surface area (Å²) in [5.41, 5.74) is 3.29. The summed E-state index contributed by atoms with van der Waals surface area (Å²) in [4.78, 5) is 5.89. The molecule has 1 saturated heterocycles. The zero-order valence-electron chi connectivity index (χ0n) is 15.8. The smallest absolute Gasteiger partial charge is 0.190 e. The maximum atomic E-state index is 5.90. The van der Waals surface area contributed by atoms with Crippen LogP contribution >= 0.6 is 27.3 Å². The van der Waals surface area contributed by atoms with Gasteiger partial charge in [-0.1, -0.05) is 28.1 Å². The highest BCUT2D eigenvalue weighted by atomic mass is 79.9. The molecule has 3 aromatic rings. The van der Waals surface area contributed by atoms with Crippen molar-refractivity contribution in [3.63, 3.8) is 0 Å². The first-order valence-corrected chi connectivity index (χ1v) is 11.2. The molecule has 1 aliphatic heterocycles. The van der Waals surface area contributed by atoms with Crippen LogP contribution in [0, 0.1) is 0 Å². The molecule has 1 unspecified atom stereocenters. The third-order valence-corrected chi connectivity index (χ3v) is 6.11. The molecule has 0 spiro atoms. The topological polar surface area (TPSA) is 35.8 Å². The first-order chi connectivity index (χ1) is 13.7. The van der Waals surface area contributed by atoms with E-state index in [2.05, 4.69) is 50.1 Å². The molecule has 2 heterocycles. The van der Waals surface area contributed by atoms with Crippen LogP contribution in [0.1, 0.15) is 19.8 Å². The zero-order valence-corrected chi connectivity index (χ0v) is 18.2. The Hall–Kier alpha value is -1.89. The van der Waals surface area contributed by atoms with Crippen molar-refractivity contribution in [3.05, 3.63) is 63.2 Å². The molecule has 0 saturated carbocycles. The number of thiazole rings is 1. The standard InChI is InChI=1S/C22H23BrN2O2S/c1-2-26-19-11-9-18(10-12-19)24-22-25(14-20-4-3-13-27-20)21(15-28-22)16-5-7-17(23)8-6-16/h5-12,15,20H,2-4,13-14H2,1H3. The second-order valence-corrected chi connectivity index (χ2v) is 8.45. The minimum atomic E-state index is 0.253. The fourth-order valence-corrected chi connectivity index (χ4v) is 4.54. The summed E-state index contributed by atoms with van der Waals surface area (Å²) < 4.78 is 14.8. The van der Waals surface area contributed by atoms with Crippen LogP contribution < -0.4 is 9.54 Å². The van der Waals surface area contributed by atoms with Gasteiger partial charge >= 0.3 is 0 Å². The van der Waals surface area contributed by atoms with Gasteiger partial charge in [-0.05, 0) is 61.7 Å². The minimum absolute atomic E-state index is 0.253. The fourth-order valence-electron chi connectivity index (χ4n) is 3.33. The van der Waals surface area contributed by atoms with Crippen molar-refractivity contribution < 1.29 is 9.47 Å². The average Bonchev–Trinajstić information content (AvgIpc) is 3.35. The quantitative estimate of drug-likeness (QED) is 0.468. The van der Waals surface area contributed by atoms with Crippen LogP contribution in [0.15, 0.2) is 63.4 Å². The van der Waals surface area contributed by atoms with Crippen LogP contribution in [-0.2, 0) is 11.3 Å². The summed E-state index contributed by atoms with van der Waals surface area (Å²) in [7, 11) is 0. The third-order valence-electron chi connectivity index (χ3n) is 4.72. The van der Waals surface area contributed by atoms with Crippen LogP contribution in [0.4, 0.5) is 5.69 Å². The number of nitrogens with zero attached hydrogens (tertiary/aromatic N) is 2. The summed E-state index contributed by atoms with van der Waals surface area (Å²) in [6.07, 6.45) is 2.49. The number of rotatable bonds is 6. The molecule has 4 rings (SSSR count). The molecule has 2 aromatic carbocycles. The zero-order chi connectivity index (χ0) is 19.3. The summed E-state index contributed by atoms with van der Waals surface area (Å²) in [6, 6.07) is 16.4. The van der Waals surface area contributed by atoms with Gasteiger partial charge < -0.3 is 14.0 Å². The lowest BCUT2D eigenvalue weighted by molar-refractivity contribution is 0.0968. The maximum Gasteiger partial charge on any atom is 0.190 e. The minimum Gasteiger partial charge on any atom is -0.494 e. The Kier molecular flexibility index (Phi) is 6.29. The Morgan fingerprint density at radius 2 is 1.96 bits per heavy atom. The summed E-state index contributed by atoms with van der Waals surface area (Å²) in [5, 5.41) is 2.19. The van der Waals surface area contributed by atoms with Crippen LogP contribution in [-0.4, -0.2) is 23.9 Å². The van der Waals surface area contributed by atoms with E-state index in [-0.39, 0.29) is 6.10 Å². The molecule has 0 bridgehead atoms. The van der Waals surface area contributed by atoms with E-state index in [1.165, 1.54) is 11.3 Å². The van der Waals surface area contributed by atoms with Gasteiger partial charge in [-0.3, -0.25) is 0 Å². The number of hydrogen-bond acceptors (Lipinski definition) is 4. The van der Waals surface area contributed by atoms with E-state index in [0.717, 1.165) is 46.7 Å². The lowest BCUT2D eigenvalue weighted by Gasteiger charge is -2.14. The number of benzene rings is 2. The Morgan fingerprint density at radius 1 is 1.18 bits per heavy atom. The van der Waals surface area contributed by atoms with Crippen molar-refractivity contribution in [2.24, 2.45) is 4.99 Å². The predicted octanol–water partition coefficient (Wildman–Crippen LogP) is 5.79. The van der Waals surface area contributed by atoms with Gasteiger partial charge in [-0.2, -0.15) is 0 Å². The van der Waals surface area contributed by atoms with Crippen LogP contribution in [0.5, 0.6) is 5.75 Å². The van der Waals surface area contributed by atoms with E-state index in [0.29, 0.717) is 6.61 Å². The SMILES string of the molecule is CCOc1ccc(N=c2scc(-c3ccc(Br)cc3)n2CC2CCCO2)cc1. The Bertz CT molecular complexity index is 971. The van der Waals surface area contributed by atoms with Crippen LogP contribution in [0.25, 0.3) is 11.3 Å². The van der Waals surface area contributed by atoms with Crippen molar-refractivity contribution in [3.8, 4) is 17.0 Å². The third kappa shape index (κ3) is 4.57. The van der Waals surface area contributed by atoms with E-state index in [1.807, 2.05) is 31.2 Å². The van der Waals surface area contributed by atoms with Gasteiger partial charge in [-0.15, -0.1) is 11.3 Å². The van der Waals surface area contributed by atoms with E-state index in [9.17, 15) is 0 Å². The fraction of sp³-hybridized carbons (Fsp3) is 0.318. The van der Waals surface area contributed by atoms with Gasteiger partial charge in [-0.25, -0.2) is 4.99 Å². The highest BCUT2D eigenvalue weighted by Crippen LogP contribution is 2.25. The van der Waals surface area contributed by atoms with Gasteiger partial charge in [0, 0.05) is 16.5 Å². The molecular formula is C22H23BrN2O2S. The lowest BCUT2D eigenvalue weighted by Crippen LogP contribution is -2.24. The Labute approximate surface area is 177 Å². The highest BCUT2D eigenvalue weighted by Gasteiger charge is 2.19. The van der Waals surface area contributed by atoms with E-state index >= 15 is 0 Å². The molecule has 0 aliphatic carbocycles. The molecule has 1 aromatic heterocycles. The predicted molar refractivity (Wildman–Crippen MR) is 117 cm³/mol. The summed E-state index contributed by atoms with van der Waals surface area (Å²) in [6.45, 7) is 4.33. The second-order valence-electron chi connectivity index (χ2n) is 6.69. The molecule has 1 fully saturated rings. The van der Waals surface area contributed by atoms with E-state index < -0.39 is 0 Å². The van der Waals surface area contributed by atoms with Crippen molar-refractivity contribution in [1.29, 1.82) is 0 Å². The lowest BCUT2D eigenvalue weighted by atomic mass is 10.1. The molecule has 4 nitrogen and oxygen atoms in total. The van der Waals surface area contributed by atoms with E-state index in [1.54, 1.807) is 11.3 Å². The van der Waals surface area contributed by atoms with E-state index in [4.69, 9.17) is 14.5 Å². The molecule has 0 amide bonds. The summed E-state index contributed by atoms with van der Waals surface area (Å²) in [5.74, 6) is 0.871. The van der Waals surface area contributed by atoms with Crippen molar-refractivity contribution in [2.75, 3.05) is 13.2 Å². The Morgan fingerprint density at radius 3 is 2.64 bits per heavy atom. The van der Waals surface area contributed by atoms with Gasteiger partial charge in [0.1, 0.15) is 5.75 Å². The first-order valence-electron chi connectivity index (χ1n) is 9.56. The normalized spacial score (nSPS) is 17.2. The highest BCUT2D eigenvalue weighted by molar-refractivity contribution is 9.10. The van der Waals surface area contributed by atoms with Gasteiger partial charge in [0.25, 0.3) is 0 Å². The molecule has 6 heteroatoms. The molecule has 0 radical (unpaired) electrons. The van der Waals surface area contributed by atoms with Crippen LogP contribution in [0.2, 0.25) is 0 Å². The monoisotopic (exact) mass is 458 g/mol. The molecule has 28 heavy (non-hydrogen) atoms. The molecular weight excluding hydrogens is 436 g/mol. The van der Waals surface area contributed by atoms with Crippen molar-refractivity contribution in [2.45, 2.75) is 32.4 Å². The van der Waals surface area contributed by atoms with Crippen molar-refractivity contribution in [1.82, 2.24) is 4.57 Å².